The third kappa shape index (κ3) is 4.54. The van der Waals surface area contributed by atoms with Crippen LogP contribution in [0.3, 0.4) is 0 Å². The number of methoxy groups -OCH3 is 1. The van der Waals surface area contributed by atoms with Gasteiger partial charge in [-0.1, -0.05) is 12.1 Å². The number of hydrogen-bond acceptors (Lipinski definition) is 8. The molecule has 184 valence electrons. The number of aromatic nitrogens is 2. The Labute approximate surface area is 198 Å². The van der Waals surface area contributed by atoms with E-state index >= 15 is 0 Å². The van der Waals surface area contributed by atoms with Gasteiger partial charge >= 0.3 is 0 Å². The van der Waals surface area contributed by atoms with Crippen LogP contribution in [0.1, 0.15) is 19.3 Å². The Bertz CT molecular complexity index is 995. The van der Waals surface area contributed by atoms with Gasteiger partial charge in [0.2, 0.25) is 0 Å². The lowest BCUT2D eigenvalue weighted by molar-refractivity contribution is -0.0915. The summed E-state index contributed by atoms with van der Waals surface area (Å²) >= 11 is 0. The lowest BCUT2D eigenvalue weighted by Crippen LogP contribution is -2.58. The number of benzene rings is 1. The number of alkyl halides is 2. The van der Waals surface area contributed by atoms with Crippen LogP contribution < -0.4 is 20.7 Å². The maximum Gasteiger partial charge on any atom is 0.254 e. The number of halogens is 2. The van der Waals surface area contributed by atoms with E-state index < -0.39 is 11.8 Å². The molecule has 34 heavy (non-hydrogen) atoms. The van der Waals surface area contributed by atoms with E-state index in [9.17, 15) is 8.78 Å². The molecule has 0 amide bonds. The molecular formula is C24H32F2N6O2. The minimum atomic E-state index is -2.60. The van der Waals surface area contributed by atoms with E-state index in [4.69, 9.17) is 15.2 Å². The molecule has 3 aliphatic heterocycles. The molecular weight excluding hydrogens is 442 g/mol. The number of hydrogen-bond donors (Lipinski definition) is 2. The van der Waals surface area contributed by atoms with Crippen molar-refractivity contribution in [2.24, 2.45) is 5.92 Å². The predicted molar refractivity (Wildman–Crippen MR) is 126 cm³/mol. The summed E-state index contributed by atoms with van der Waals surface area (Å²) in [6.45, 7) is 2.80. The summed E-state index contributed by atoms with van der Waals surface area (Å²) in [4.78, 5) is 4.55. The second-order valence-electron chi connectivity index (χ2n) is 9.45. The van der Waals surface area contributed by atoms with Crippen LogP contribution in [0.5, 0.6) is 5.75 Å². The summed E-state index contributed by atoms with van der Waals surface area (Å²) < 4.78 is 39.7. The highest BCUT2D eigenvalue weighted by molar-refractivity contribution is 5.74. The SMILES string of the molecule is COCOc1ccccc1-c1cc(N2CC3CCC(C2)N3CC2CNCCC2(F)F)c(N)nn1. The van der Waals surface area contributed by atoms with Gasteiger partial charge in [0.15, 0.2) is 12.6 Å². The average Bonchev–Trinajstić information content (AvgIpc) is 3.06. The molecule has 3 fully saturated rings. The number of nitrogen functional groups attached to an aromatic ring is 1. The Hall–Kier alpha value is -2.56. The van der Waals surface area contributed by atoms with Crippen molar-refractivity contribution in [2.45, 2.75) is 37.3 Å². The number of nitrogens with one attached hydrogen (secondary N) is 1. The van der Waals surface area contributed by atoms with Gasteiger partial charge in [0.1, 0.15) is 5.75 Å². The first-order valence-corrected chi connectivity index (χ1v) is 11.9. The van der Waals surface area contributed by atoms with Crippen molar-refractivity contribution in [3.63, 3.8) is 0 Å². The van der Waals surface area contributed by atoms with Gasteiger partial charge in [-0.3, -0.25) is 4.90 Å². The van der Waals surface area contributed by atoms with Crippen molar-refractivity contribution in [3.05, 3.63) is 30.3 Å². The van der Waals surface area contributed by atoms with Gasteiger partial charge in [0, 0.05) is 69.8 Å². The maximum absolute atomic E-state index is 14.5. The molecule has 3 atom stereocenters. The number of anilines is 2. The largest absolute Gasteiger partial charge is 0.467 e. The summed E-state index contributed by atoms with van der Waals surface area (Å²) in [5.41, 5.74) is 8.56. The molecule has 0 radical (unpaired) electrons. The highest BCUT2D eigenvalue weighted by Crippen LogP contribution is 2.39. The van der Waals surface area contributed by atoms with Crippen LogP contribution >= 0.6 is 0 Å². The molecule has 5 rings (SSSR count). The monoisotopic (exact) mass is 474 g/mol. The standard InChI is InChI=1S/C24H32F2N6O2/c1-33-15-34-22-5-3-2-4-19(22)20-10-21(23(27)30-29-20)31-13-17-6-7-18(14-31)32(17)12-16-11-28-9-8-24(16,25)26/h2-5,10,16-18,28H,6-9,11-15H2,1H3,(H2,27,30). The highest BCUT2D eigenvalue weighted by atomic mass is 19.3. The number of nitrogens with two attached hydrogens (primary N) is 1. The fourth-order valence-electron chi connectivity index (χ4n) is 5.53. The molecule has 0 spiro atoms. The first-order chi connectivity index (χ1) is 16.5. The number of piperazine rings is 1. The normalized spacial score (nSPS) is 26.6. The van der Waals surface area contributed by atoms with E-state index in [1.165, 1.54) is 0 Å². The van der Waals surface area contributed by atoms with E-state index in [0.29, 0.717) is 36.9 Å². The van der Waals surface area contributed by atoms with E-state index in [-0.39, 0.29) is 25.3 Å². The maximum atomic E-state index is 14.5. The van der Waals surface area contributed by atoms with Crippen molar-refractivity contribution in [3.8, 4) is 17.0 Å². The van der Waals surface area contributed by atoms with Gasteiger partial charge in [0.25, 0.3) is 5.92 Å². The first-order valence-electron chi connectivity index (χ1n) is 11.9. The minimum absolute atomic E-state index is 0.0788. The molecule has 4 heterocycles. The quantitative estimate of drug-likeness (QED) is 0.592. The van der Waals surface area contributed by atoms with Crippen molar-refractivity contribution in [1.29, 1.82) is 0 Å². The fourth-order valence-corrected chi connectivity index (χ4v) is 5.53. The second-order valence-corrected chi connectivity index (χ2v) is 9.45. The topological polar surface area (TPSA) is 88.8 Å². The van der Waals surface area contributed by atoms with Crippen LogP contribution in [0.2, 0.25) is 0 Å². The molecule has 2 bridgehead atoms. The Kier molecular flexibility index (Phi) is 6.54. The number of ether oxygens (including phenoxy) is 2. The van der Waals surface area contributed by atoms with E-state index in [0.717, 1.165) is 37.2 Å². The summed E-state index contributed by atoms with van der Waals surface area (Å²) in [5.74, 6) is -2.22. The third-order valence-corrected chi connectivity index (χ3v) is 7.33. The minimum Gasteiger partial charge on any atom is -0.467 e. The Morgan fingerprint density at radius 2 is 1.94 bits per heavy atom. The number of rotatable bonds is 7. The molecule has 0 aliphatic carbocycles. The molecule has 3 aliphatic rings. The zero-order valence-electron chi connectivity index (χ0n) is 19.4. The molecule has 3 unspecified atom stereocenters. The predicted octanol–water partition coefficient (Wildman–Crippen LogP) is 2.61. The van der Waals surface area contributed by atoms with Crippen molar-refractivity contribution < 1.29 is 18.3 Å². The van der Waals surface area contributed by atoms with Crippen LogP contribution in [-0.4, -0.2) is 79.7 Å². The van der Waals surface area contributed by atoms with Gasteiger partial charge in [0.05, 0.1) is 11.4 Å². The van der Waals surface area contributed by atoms with Crippen molar-refractivity contribution in [2.75, 3.05) is 57.3 Å². The molecule has 2 aromatic rings. The second kappa shape index (κ2) is 9.59. The summed E-state index contributed by atoms with van der Waals surface area (Å²) in [6.07, 6.45) is 1.93. The Morgan fingerprint density at radius 3 is 2.68 bits per heavy atom. The smallest absolute Gasteiger partial charge is 0.254 e. The molecule has 0 saturated carbocycles. The third-order valence-electron chi connectivity index (χ3n) is 7.33. The first kappa shape index (κ1) is 23.2. The number of nitrogens with zero attached hydrogens (tertiary/aromatic N) is 4. The number of piperidine rings is 1. The highest BCUT2D eigenvalue weighted by Gasteiger charge is 2.47. The lowest BCUT2D eigenvalue weighted by Gasteiger charge is -2.45. The zero-order chi connectivity index (χ0) is 23.7. The summed E-state index contributed by atoms with van der Waals surface area (Å²) in [6, 6.07) is 10.0. The van der Waals surface area contributed by atoms with Gasteiger partial charge in [-0.05, 0) is 31.0 Å². The van der Waals surface area contributed by atoms with Crippen LogP contribution in [0.25, 0.3) is 11.3 Å². The van der Waals surface area contributed by atoms with Crippen LogP contribution in [-0.2, 0) is 4.74 Å². The Morgan fingerprint density at radius 1 is 1.18 bits per heavy atom. The van der Waals surface area contributed by atoms with Gasteiger partial charge < -0.3 is 25.4 Å². The van der Waals surface area contributed by atoms with Gasteiger partial charge in [-0.25, -0.2) is 8.78 Å². The fraction of sp³-hybridized carbons (Fsp3) is 0.583. The average molecular weight is 475 g/mol. The molecule has 1 aromatic heterocycles. The molecule has 10 heteroatoms. The van der Waals surface area contributed by atoms with Gasteiger partial charge in [-0.15, -0.1) is 10.2 Å². The number of para-hydroxylation sites is 1. The van der Waals surface area contributed by atoms with Crippen molar-refractivity contribution >= 4 is 11.5 Å². The van der Waals surface area contributed by atoms with Crippen LogP contribution in [0.15, 0.2) is 30.3 Å². The van der Waals surface area contributed by atoms with Crippen molar-refractivity contribution in [1.82, 2.24) is 20.4 Å². The van der Waals surface area contributed by atoms with E-state index in [1.54, 1.807) is 7.11 Å². The molecule has 3 N–H and O–H groups in total. The summed E-state index contributed by atoms with van der Waals surface area (Å²) in [7, 11) is 1.57. The molecule has 3 saturated heterocycles. The van der Waals surface area contributed by atoms with E-state index in [2.05, 4.69) is 25.3 Å². The molecule has 8 nitrogen and oxygen atoms in total. The summed E-state index contributed by atoms with van der Waals surface area (Å²) in [5, 5.41) is 11.7. The lowest BCUT2D eigenvalue weighted by atomic mass is 9.93. The van der Waals surface area contributed by atoms with Gasteiger partial charge in [-0.2, -0.15) is 0 Å². The zero-order valence-corrected chi connectivity index (χ0v) is 19.4. The van der Waals surface area contributed by atoms with Crippen LogP contribution in [0.4, 0.5) is 20.3 Å². The Balaban J connectivity index is 1.34. The van der Waals surface area contributed by atoms with Crippen LogP contribution in [0, 0.1) is 5.92 Å². The number of fused-ring (bicyclic) bond motifs is 2. The van der Waals surface area contributed by atoms with E-state index in [1.807, 2.05) is 30.3 Å². The molecule has 1 aromatic carbocycles.